The first kappa shape index (κ1) is 20.2. The fraction of sp³-hybridized carbons (Fsp3) is 0.250. The SMILES string of the molecule is CCOc1ccccc1-c1nnc(SCC(=O)Nc2cc(Cl)ccc2C)n1C. The number of ether oxygens (including phenoxy) is 1. The Hall–Kier alpha value is -2.51. The molecule has 3 aromatic rings. The van der Waals surface area contributed by atoms with Crippen LogP contribution in [0, 0.1) is 6.92 Å². The van der Waals surface area contributed by atoms with Crippen molar-refractivity contribution in [1.29, 1.82) is 0 Å². The number of carbonyl (C=O) groups excluding carboxylic acids is 1. The molecule has 0 radical (unpaired) electrons. The van der Waals surface area contributed by atoms with Crippen molar-refractivity contribution in [3.63, 3.8) is 0 Å². The zero-order valence-corrected chi connectivity index (χ0v) is 17.5. The standard InChI is InChI=1S/C20H21ClN4O2S/c1-4-27-17-8-6-5-7-15(17)19-23-24-20(25(19)3)28-12-18(26)22-16-11-14(21)10-9-13(16)2/h5-11H,4,12H2,1-3H3,(H,22,26). The molecule has 0 saturated carbocycles. The molecule has 28 heavy (non-hydrogen) atoms. The summed E-state index contributed by atoms with van der Waals surface area (Å²) < 4.78 is 7.54. The molecule has 1 aromatic heterocycles. The molecule has 2 aromatic carbocycles. The maximum absolute atomic E-state index is 12.3. The lowest BCUT2D eigenvalue weighted by Crippen LogP contribution is -2.15. The Morgan fingerprint density at radius 2 is 2.04 bits per heavy atom. The predicted octanol–water partition coefficient (Wildman–Crippen LogP) is 4.57. The minimum atomic E-state index is -0.130. The lowest BCUT2D eigenvalue weighted by molar-refractivity contribution is -0.113. The highest BCUT2D eigenvalue weighted by Gasteiger charge is 2.16. The van der Waals surface area contributed by atoms with Crippen LogP contribution in [0.25, 0.3) is 11.4 Å². The van der Waals surface area contributed by atoms with Crippen molar-refractivity contribution >= 4 is 35.0 Å². The van der Waals surface area contributed by atoms with Gasteiger partial charge in [0.1, 0.15) is 5.75 Å². The Kier molecular flexibility index (Phi) is 6.59. The van der Waals surface area contributed by atoms with Crippen LogP contribution in [0.5, 0.6) is 5.75 Å². The van der Waals surface area contributed by atoms with E-state index in [1.807, 2.05) is 55.8 Å². The van der Waals surface area contributed by atoms with Gasteiger partial charge in [0, 0.05) is 17.8 Å². The van der Waals surface area contributed by atoms with Gasteiger partial charge in [-0.3, -0.25) is 4.79 Å². The van der Waals surface area contributed by atoms with Gasteiger partial charge in [0.15, 0.2) is 11.0 Å². The molecule has 0 atom stereocenters. The van der Waals surface area contributed by atoms with Crippen molar-refractivity contribution in [1.82, 2.24) is 14.8 Å². The van der Waals surface area contributed by atoms with Crippen molar-refractivity contribution in [3.8, 4) is 17.1 Å². The van der Waals surface area contributed by atoms with Crippen LogP contribution in [0.4, 0.5) is 5.69 Å². The largest absolute Gasteiger partial charge is 0.493 e. The predicted molar refractivity (Wildman–Crippen MR) is 113 cm³/mol. The summed E-state index contributed by atoms with van der Waals surface area (Å²) in [6.07, 6.45) is 0. The van der Waals surface area contributed by atoms with Crippen molar-refractivity contribution in [2.45, 2.75) is 19.0 Å². The van der Waals surface area contributed by atoms with Crippen LogP contribution in [0.1, 0.15) is 12.5 Å². The number of amides is 1. The number of aromatic nitrogens is 3. The molecule has 1 amide bonds. The van der Waals surface area contributed by atoms with E-state index in [1.165, 1.54) is 11.8 Å². The highest BCUT2D eigenvalue weighted by molar-refractivity contribution is 7.99. The van der Waals surface area contributed by atoms with Gasteiger partial charge in [-0.15, -0.1) is 10.2 Å². The van der Waals surface area contributed by atoms with Gasteiger partial charge in [0.25, 0.3) is 0 Å². The maximum Gasteiger partial charge on any atom is 0.234 e. The fourth-order valence-electron chi connectivity index (χ4n) is 2.65. The van der Waals surface area contributed by atoms with Gasteiger partial charge in [-0.05, 0) is 43.7 Å². The minimum absolute atomic E-state index is 0.130. The van der Waals surface area contributed by atoms with Gasteiger partial charge in [-0.25, -0.2) is 0 Å². The highest BCUT2D eigenvalue weighted by atomic mass is 35.5. The number of para-hydroxylation sites is 1. The average molecular weight is 417 g/mol. The van der Waals surface area contributed by atoms with Crippen LogP contribution in [-0.2, 0) is 11.8 Å². The zero-order chi connectivity index (χ0) is 20.1. The smallest absolute Gasteiger partial charge is 0.234 e. The average Bonchev–Trinajstić information content (AvgIpc) is 3.04. The van der Waals surface area contributed by atoms with E-state index in [9.17, 15) is 4.79 Å². The van der Waals surface area contributed by atoms with E-state index < -0.39 is 0 Å². The number of nitrogens with one attached hydrogen (secondary N) is 1. The van der Waals surface area contributed by atoms with Crippen molar-refractivity contribution in [3.05, 3.63) is 53.1 Å². The topological polar surface area (TPSA) is 69.0 Å². The lowest BCUT2D eigenvalue weighted by atomic mass is 10.2. The maximum atomic E-state index is 12.3. The molecule has 0 fully saturated rings. The van der Waals surface area contributed by atoms with Gasteiger partial charge >= 0.3 is 0 Å². The number of benzene rings is 2. The molecule has 8 heteroatoms. The lowest BCUT2D eigenvalue weighted by Gasteiger charge is -2.10. The normalized spacial score (nSPS) is 10.7. The summed E-state index contributed by atoms with van der Waals surface area (Å²) >= 11 is 7.32. The minimum Gasteiger partial charge on any atom is -0.493 e. The van der Waals surface area contributed by atoms with Crippen molar-refractivity contribution in [2.24, 2.45) is 7.05 Å². The van der Waals surface area contributed by atoms with Crippen LogP contribution >= 0.6 is 23.4 Å². The molecular weight excluding hydrogens is 396 g/mol. The molecule has 0 aliphatic heterocycles. The van der Waals surface area contributed by atoms with Crippen LogP contribution < -0.4 is 10.1 Å². The summed E-state index contributed by atoms with van der Waals surface area (Å²) in [6.45, 7) is 4.43. The Bertz CT molecular complexity index is 990. The zero-order valence-electron chi connectivity index (χ0n) is 15.9. The third kappa shape index (κ3) is 4.66. The fourth-order valence-corrected chi connectivity index (χ4v) is 3.54. The molecule has 6 nitrogen and oxygen atoms in total. The van der Waals surface area contributed by atoms with E-state index in [0.29, 0.717) is 28.3 Å². The van der Waals surface area contributed by atoms with Gasteiger partial charge in [0.05, 0.1) is 17.9 Å². The number of rotatable bonds is 7. The van der Waals surface area contributed by atoms with E-state index in [4.69, 9.17) is 16.3 Å². The number of carbonyl (C=O) groups is 1. The molecule has 0 spiro atoms. The molecule has 3 rings (SSSR count). The third-order valence-electron chi connectivity index (χ3n) is 4.07. The van der Waals surface area contributed by atoms with E-state index in [-0.39, 0.29) is 11.7 Å². The van der Waals surface area contributed by atoms with Crippen LogP contribution in [-0.4, -0.2) is 33.0 Å². The van der Waals surface area contributed by atoms with Gasteiger partial charge in [-0.2, -0.15) is 0 Å². The van der Waals surface area contributed by atoms with Crippen LogP contribution in [0.3, 0.4) is 0 Å². The molecule has 0 saturated heterocycles. The Balaban J connectivity index is 1.70. The van der Waals surface area contributed by atoms with Crippen molar-refractivity contribution in [2.75, 3.05) is 17.7 Å². The summed E-state index contributed by atoms with van der Waals surface area (Å²) in [5.41, 5.74) is 2.53. The first-order chi connectivity index (χ1) is 13.5. The Labute approximate surface area is 173 Å². The highest BCUT2D eigenvalue weighted by Crippen LogP contribution is 2.30. The van der Waals surface area contributed by atoms with Crippen LogP contribution in [0.2, 0.25) is 5.02 Å². The summed E-state index contributed by atoms with van der Waals surface area (Å²) in [7, 11) is 1.87. The first-order valence-corrected chi connectivity index (χ1v) is 10.2. The number of hydrogen-bond acceptors (Lipinski definition) is 5. The molecule has 146 valence electrons. The summed E-state index contributed by atoms with van der Waals surface area (Å²) in [5, 5.41) is 12.6. The van der Waals surface area contributed by atoms with Gasteiger partial charge in [0.2, 0.25) is 5.91 Å². The number of nitrogens with zero attached hydrogens (tertiary/aromatic N) is 3. The van der Waals surface area contributed by atoms with Gasteiger partial charge < -0.3 is 14.6 Å². The Morgan fingerprint density at radius 3 is 2.82 bits per heavy atom. The second-order valence-electron chi connectivity index (χ2n) is 6.09. The number of halogens is 1. The second-order valence-corrected chi connectivity index (χ2v) is 7.47. The molecule has 1 N–H and O–H groups in total. The van der Waals surface area contributed by atoms with Crippen molar-refractivity contribution < 1.29 is 9.53 Å². The number of anilines is 1. The summed E-state index contributed by atoms with van der Waals surface area (Å²) in [6, 6.07) is 13.1. The molecular formula is C20H21ClN4O2S. The van der Waals surface area contributed by atoms with E-state index in [0.717, 1.165) is 16.9 Å². The first-order valence-electron chi connectivity index (χ1n) is 8.80. The number of thioether (sulfide) groups is 1. The second kappa shape index (κ2) is 9.12. The van der Waals surface area contributed by atoms with Gasteiger partial charge in [-0.1, -0.05) is 41.6 Å². The van der Waals surface area contributed by atoms with Crippen LogP contribution in [0.15, 0.2) is 47.6 Å². The van der Waals surface area contributed by atoms with E-state index in [1.54, 1.807) is 12.1 Å². The van der Waals surface area contributed by atoms with E-state index >= 15 is 0 Å². The third-order valence-corrected chi connectivity index (χ3v) is 5.32. The molecule has 1 heterocycles. The molecule has 0 unspecified atom stereocenters. The monoisotopic (exact) mass is 416 g/mol. The molecule has 0 aliphatic rings. The molecule has 0 bridgehead atoms. The summed E-state index contributed by atoms with van der Waals surface area (Å²) in [5.74, 6) is 1.53. The number of aryl methyl sites for hydroxylation is 1. The number of hydrogen-bond donors (Lipinski definition) is 1. The molecule has 0 aliphatic carbocycles. The van der Waals surface area contributed by atoms with E-state index in [2.05, 4.69) is 15.5 Å². The quantitative estimate of drug-likeness (QED) is 0.571. The summed E-state index contributed by atoms with van der Waals surface area (Å²) in [4.78, 5) is 12.3. The Morgan fingerprint density at radius 1 is 1.25 bits per heavy atom.